The average Bonchev–Trinajstić information content (AvgIpc) is 2.91. The zero-order chi connectivity index (χ0) is 16.3. The summed E-state index contributed by atoms with van der Waals surface area (Å²) in [5.74, 6) is 0.361. The molecule has 1 amide bonds. The molecule has 2 fully saturated rings. The molecule has 3 nitrogen and oxygen atoms in total. The molecular weight excluding hydrogens is 284 g/mol. The van der Waals surface area contributed by atoms with Crippen molar-refractivity contribution in [2.24, 2.45) is 5.41 Å². The lowest BCUT2D eigenvalue weighted by atomic mass is 9.79. The lowest BCUT2D eigenvalue weighted by molar-refractivity contribution is -0.130. The van der Waals surface area contributed by atoms with E-state index in [0.29, 0.717) is 17.7 Å². The molecule has 1 aromatic carbocycles. The average molecular weight is 314 g/mol. The Morgan fingerprint density at radius 1 is 1.22 bits per heavy atom. The van der Waals surface area contributed by atoms with Crippen molar-refractivity contribution in [1.29, 1.82) is 0 Å². The number of nitrogens with zero attached hydrogens (tertiary/aromatic N) is 2. The van der Waals surface area contributed by atoms with Crippen molar-refractivity contribution in [2.45, 2.75) is 52.5 Å². The van der Waals surface area contributed by atoms with Gasteiger partial charge in [-0.2, -0.15) is 0 Å². The topological polar surface area (TPSA) is 23.6 Å². The van der Waals surface area contributed by atoms with Crippen molar-refractivity contribution >= 4 is 5.91 Å². The normalized spacial score (nSPS) is 25.2. The Kier molecular flexibility index (Phi) is 5.05. The Morgan fingerprint density at radius 3 is 2.87 bits per heavy atom. The largest absolute Gasteiger partial charge is 0.342 e. The second kappa shape index (κ2) is 7.04. The van der Waals surface area contributed by atoms with Crippen molar-refractivity contribution in [3.8, 4) is 0 Å². The van der Waals surface area contributed by atoms with Crippen LogP contribution in [0.3, 0.4) is 0 Å². The molecule has 0 aromatic heterocycles. The van der Waals surface area contributed by atoms with Crippen molar-refractivity contribution in [3.63, 3.8) is 0 Å². The second-order valence-electron chi connectivity index (χ2n) is 7.62. The molecular formula is C20H30N2O. The number of aryl methyl sites for hydroxylation is 1. The molecule has 1 unspecified atom stereocenters. The molecule has 1 aromatic rings. The lowest BCUT2D eigenvalue weighted by Crippen LogP contribution is -2.45. The number of hydrogen-bond donors (Lipinski definition) is 0. The summed E-state index contributed by atoms with van der Waals surface area (Å²) in [6.07, 6.45) is 5.41. The van der Waals surface area contributed by atoms with Gasteiger partial charge in [-0.25, -0.2) is 0 Å². The molecule has 1 atom stereocenters. The molecule has 0 bridgehead atoms. The van der Waals surface area contributed by atoms with E-state index >= 15 is 0 Å². The van der Waals surface area contributed by atoms with E-state index in [-0.39, 0.29) is 0 Å². The highest BCUT2D eigenvalue weighted by atomic mass is 16.2. The molecule has 2 aliphatic heterocycles. The van der Waals surface area contributed by atoms with Crippen molar-refractivity contribution in [2.75, 3.05) is 26.2 Å². The Bertz CT molecular complexity index is 556. The predicted molar refractivity (Wildman–Crippen MR) is 94.2 cm³/mol. The SMILES string of the molecule is CCCC(=O)N1CCC2(CCCN(Cc3cccc(C)c3)C2)C1. The number of carbonyl (C=O) groups is 1. The molecule has 3 rings (SSSR count). The van der Waals surface area contributed by atoms with Gasteiger partial charge in [0.05, 0.1) is 0 Å². The number of amides is 1. The van der Waals surface area contributed by atoms with E-state index in [2.05, 4.69) is 47.9 Å². The molecule has 0 N–H and O–H groups in total. The van der Waals surface area contributed by atoms with E-state index in [1.165, 1.54) is 36.9 Å². The summed E-state index contributed by atoms with van der Waals surface area (Å²) in [5.41, 5.74) is 3.11. The molecule has 23 heavy (non-hydrogen) atoms. The van der Waals surface area contributed by atoms with E-state index in [1.807, 2.05) is 0 Å². The van der Waals surface area contributed by atoms with Crippen LogP contribution in [0.1, 0.15) is 50.2 Å². The van der Waals surface area contributed by atoms with Crippen LogP contribution in [0.2, 0.25) is 0 Å². The minimum absolute atomic E-state index is 0.353. The molecule has 0 saturated carbocycles. The third kappa shape index (κ3) is 3.95. The highest BCUT2D eigenvalue weighted by Crippen LogP contribution is 2.39. The lowest BCUT2D eigenvalue weighted by Gasteiger charge is -2.40. The zero-order valence-electron chi connectivity index (χ0n) is 14.7. The van der Waals surface area contributed by atoms with Crippen LogP contribution in [0.25, 0.3) is 0 Å². The summed E-state index contributed by atoms with van der Waals surface area (Å²) in [6.45, 7) is 9.60. The van der Waals surface area contributed by atoms with Crippen LogP contribution in [0.4, 0.5) is 0 Å². The first-order valence-electron chi connectivity index (χ1n) is 9.16. The van der Waals surface area contributed by atoms with Crippen LogP contribution >= 0.6 is 0 Å². The van der Waals surface area contributed by atoms with Gasteiger partial charge in [0, 0.05) is 38.0 Å². The number of carbonyl (C=O) groups excluding carboxylic acids is 1. The first kappa shape index (κ1) is 16.5. The predicted octanol–water partition coefficient (Wildman–Crippen LogP) is 3.61. The quantitative estimate of drug-likeness (QED) is 0.847. The van der Waals surface area contributed by atoms with Gasteiger partial charge in [-0.3, -0.25) is 9.69 Å². The van der Waals surface area contributed by atoms with Crippen LogP contribution in [0.15, 0.2) is 24.3 Å². The van der Waals surface area contributed by atoms with Crippen molar-refractivity contribution < 1.29 is 4.79 Å². The summed E-state index contributed by atoms with van der Waals surface area (Å²) < 4.78 is 0. The summed E-state index contributed by atoms with van der Waals surface area (Å²) >= 11 is 0. The molecule has 126 valence electrons. The summed E-state index contributed by atoms with van der Waals surface area (Å²) in [6, 6.07) is 8.85. The first-order valence-corrected chi connectivity index (χ1v) is 9.16. The van der Waals surface area contributed by atoms with Crippen molar-refractivity contribution in [1.82, 2.24) is 9.80 Å². The molecule has 2 aliphatic rings. The maximum absolute atomic E-state index is 12.2. The highest BCUT2D eigenvalue weighted by Gasteiger charge is 2.42. The van der Waals surface area contributed by atoms with Gasteiger partial charge in [0.1, 0.15) is 0 Å². The Labute approximate surface area is 140 Å². The Morgan fingerprint density at radius 2 is 2.09 bits per heavy atom. The van der Waals surface area contributed by atoms with Gasteiger partial charge in [0.15, 0.2) is 0 Å². The number of piperidine rings is 1. The molecule has 0 radical (unpaired) electrons. The zero-order valence-corrected chi connectivity index (χ0v) is 14.7. The van der Waals surface area contributed by atoms with Crippen LogP contribution in [0, 0.1) is 12.3 Å². The standard InChI is InChI=1S/C20H30N2O/c1-3-6-19(23)22-12-10-20(16-22)9-5-11-21(15-20)14-18-8-4-7-17(2)13-18/h4,7-8,13H,3,5-6,9-12,14-16H2,1-2H3. The van der Waals surface area contributed by atoms with Crippen molar-refractivity contribution in [3.05, 3.63) is 35.4 Å². The van der Waals surface area contributed by atoms with Crippen LogP contribution in [-0.4, -0.2) is 41.9 Å². The highest BCUT2D eigenvalue weighted by molar-refractivity contribution is 5.76. The maximum atomic E-state index is 12.2. The van der Waals surface area contributed by atoms with Gasteiger partial charge in [-0.05, 0) is 44.7 Å². The van der Waals surface area contributed by atoms with Crippen LogP contribution in [0.5, 0.6) is 0 Å². The van der Waals surface area contributed by atoms with Crippen LogP contribution in [-0.2, 0) is 11.3 Å². The van der Waals surface area contributed by atoms with E-state index in [1.54, 1.807) is 0 Å². The van der Waals surface area contributed by atoms with E-state index < -0.39 is 0 Å². The summed E-state index contributed by atoms with van der Waals surface area (Å²) in [5, 5.41) is 0. The van der Waals surface area contributed by atoms with Gasteiger partial charge in [0.2, 0.25) is 5.91 Å². The van der Waals surface area contributed by atoms with Gasteiger partial charge in [-0.15, -0.1) is 0 Å². The third-order valence-corrected chi connectivity index (χ3v) is 5.48. The second-order valence-corrected chi connectivity index (χ2v) is 7.62. The fourth-order valence-corrected chi connectivity index (χ4v) is 4.37. The van der Waals surface area contributed by atoms with E-state index in [0.717, 1.165) is 32.6 Å². The minimum atomic E-state index is 0.353. The molecule has 0 aliphatic carbocycles. The Balaban J connectivity index is 1.61. The third-order valence-electron chi connectivity index (χ3n) is 5.48. The number of likely N-dealkylation sites (tertiary alicyclic amines) is 2. The number of benzene rings is 1. The fraction of sp³-hybridized carbons (Fsp3) is 0.650. The molecule has 2 heterocycles. The van der Waals surface area contributed by atoms with E-state index in [9.17, 15) is 4.79 Å². The number of hydrogen-bond acceptors (Lipinski definition) is 2. The molecule has 3 heteroatoms. The fourth-order valence-electron chi connectivity index (χ4n) is 4.37. The smallest absolute Gasteiger partial charge is 0.222 e. The molecule has 2 saturated heterocycles. The number of rotatable bonds is 4. The summed E-state index contributed by atoms with van der Waals surface area (Å²) in [7, 11) is 0. The van der Waals surface area contributed by atoms with Gasteiger partial charge in [-0.1, -0.05) is 36.8 Å². The van der Waals surface area contributed by atoms with Gasteiger partial charge in [0.25, 0.3) is 0 Å². The molecule has 1 spiro atoms. The van der Waals surface area contributed by atoms with Gasteiger partial charge >= 0.3 is 0 Å². The first-order chi connectivity index (χ1) is 11.1. The maximum Gasteiger partial charge on any atom is 0.222 e. The van der Waals surface area contributed by atoms with Gasteiger partial charge < -0.3 is 4.90 Å². The Hall–Kier alpha value is -1.35. The monoisotopic (exact) mass is 314 g/mol. The summed E-state index contributed by atoms with van der Waals surface area (Å²) in [4.78, 5) is 16.9. The minimum Gasteiger partial charge on any atom is -0.342 e. The van der Waals surface area contributed by atoms with E-state index in [4.69, 9.17) is 0 Å². The van der Waals surface area contributed by atoms with Crippen LogP contribution < -0.4 is 0 Å².